The zero-order chi connectivity index (χ0) is 16.1. The number of hydrogen-bond donors (Lipinski definition) is 1. The summed E-state index contributed by atoms with van der Waals surface area (Å²) < 4.78 is 27.0. The molecule has 3 aromatic rings. The van der Waals surface area contributed by atoms with Gasteiger partial charge in [-0.3, -0.25) is 9.36 Å². The molecule has 0 atom stereocenters. The molecule has 8 heteroatoms. The lowest BCUT2D eigenvalue weighted by molar-refractivity contribution is 0.416. The quantitative estimate of drug-likeness (QED) is 0.718. The van der Waals surface area contributed by atoms with E-state index in [9.17, 15) is 18.3 Å². The van der Waals surface area contributed by atoms with Gasteiger partial charge in [-0.15, -0.1) is 0 Å². The molecular formula is C14H10BrNO4S2. The van der Waals surface area contributed by atoms with Crippen LogP contribution in [0.4, 0.5) is 0 Å². The van der Waals surface area contributed by atoms with Gasteiger partial charge in [-0.1, -0.05) is 51.5 Å². The van der Waals surface area contributed by atoms with Crippen molar-refractivity contribution in [2.75, 3.05) is 0 Å². The SMILES string of the molecule is Cn1c(O)c(S(=O)(=O)c2cccc3c(Br)cccc23)sc1=O. The first-order chi connectivity index (χ1) is 10.3. The van der Waals surface area contributed by atoms with Crippen molar-refractivity contribution in [1.29, 1.82) is 0 Å². The minimum absolute atomic E-state index is 0.0588. The molecule has 0 bridgehead atoms. The first-order valence-electron chi connectivity index (χ1n) is 6.15. The standard InChI is InChI=1S/C14H10BrNO4S2/c1-16-12(17)13(21-14(16)18)22(19,20)11-7-3-4-8-9(11)5-2-6-10(8)15/h2-7,17H,1H3. The van der Waals surface area contributed by atoms with Crippen LogP contribution in [0.1, 0.15) is 0 Å². The Balaban J connectivity index is 2.38. The molecule has 0 aliphatic carbocycles. The van der Waals surface area contributed by atoms with E-state index in [2.05, 4.69) is 15.9 Å². The molecule has 2 aromatic carbocycles. The molecule has 0 radical (unpaired) electrons. The number of hydrogen-bond acceptors (Lipinski definition) is 5. The largest absolute Gasteiger partial charge is 0.493 e. The van der Waals surface area contributed by atoms with Gasteiger partial charge in [0.25, 0.3) is 0 Å². The molecule has 1 aromatic heterocycles. The number of fused-ring (bicyclic) bond motifs is 1. The summed E-state index contributed by atoms with van der Waals surface area (Å²) in [5.41, 5.74) is 0. The zero-order valence-electron chi connectivity index (χ0n) is 11.3. The van der Waals surface area contributed by atoms with Crippen molar-refractivity contribution in [1.82, 2.24) is 4.57 Å². The van der Waals surface area contributed by atoms with Crippen molar-refractivity contribution in [3.05, 3.63) is 50.5 Å². The van der Waals surface area contributed by atoms with Gasteiger partial charge >= 0.3 is 4.87 Å². The highest BCUT2D eigenvalue weighted by molar-refractivity contribution is 9.10. The third-order valence-electron chi connectivity index (χ3n) is 3.32. The molecule has 1 heterocycles. The van der Waals surface area contributed by atoms with Crippen LogP contribution in [0.25, 0.3) is 10.8 Å². The second-order valence-corrected chi connectivity index (χ2v) is 8.56. The zero-order valence-corrected chi connectivity index (χ0v) is 14.5. The van der Waals surface area contributed by atoms with E-state index in [0.717, 1.165) is 14.4 Å². The lowest BCUT2D eigenvalue weighted by Crippen LogP contribution is -2.06. The lowest BCUT2D eigenvalue weighted by atomic mass is 10.1. The van der Waals surface area contributed by atoms with Crippen LogP contribution < -0.4 is 4.87 Å². The molecule has 0 saturated carbocycles. The summed E-state index contributed by atoms with van der Waals surface area (Å²) in [5, 5.41) is 11.2. The third-order valence-corrected chi connectivity index (χ3v) is 7.34. The van der Waals surface area contributed by atoms with Crippen LogP contribution in [-0.4, -0.2) is 18.1 Å². The molecule has 0 unspecified atom stereocenters. The molecule has 3 rings (SSSR count). The number of benzene rings is 2. The highest BCUT2D eigenvalue weighted by atomic mass is 79.9. The highest BCUT2D eigenvalue weighted by Crippen LogP contribution is 2.35. The van der Waals surface area contributed by atoms with Crippen LogP contribution in [0.5, 0.6) is 5.88 Å². The van der Waals surface area contributed by atoms with E-state index >= 15 is 0 Å². The minimum Gasteiger partial charge on any atom is -0.493 e. The molecule has 22 heavy (non-hydrogen) atoms. The second-order valence-electron chi connectivity index (χ2n) is 4.63. The number of halogens is 1. The number of sulfone groups is 1. The number of rotatable bonds is 2. The average molecular weight is 400 g/mol. The van der Waals surface area contributed by atoms with Gasteiger partial charge in [0, 0.05) is 16.9 Å². The summed E-state index contributed by atoms with van der Waals surface area (Å²) in [6, 6.07) is 10.1. The normalized spacial score (nSPS) is 11.9. The van der Waals surface area contributed by atoms with Crippen LogP contribution in [0.3, 0.4) is 0 Å². The Morgan fingerprint density at radius 2 is 1.77 bits per heavy atom. The van der Waals surface area contributed by atoms with E-state index in [0.29, 0.717) is 16.7 Å². The first-order valence-corrected chi connectivity index (χ1v) is 9.24. The Morgan fingerprint density at radius 3 is 2.41 bits per heavy atom. The average Bonchev–Trinajstić information content (AvgIpc) is 2.75. The van der Waals surface area contributed by atoms with E-state index in [1.54, 1.807) is 24.3 Å². The molecular weight excluding hydrogens is 390 g/mol. The van der Waals surface area contributed by atoms with Crippen LogP contribution in [0, 0.1) is 0 Å². The van der Waals surface area contributed by atoms with Crippen molar-refractivity contribution < 1.29 is 13.5 Å². The highest BCUT2D eigenvalue weighted by Gasteiger charge is 2.28. The van der Waals surface area contributed by atoms with Gasteiger partial charge in [-0.2, -0.15) is 0 Å². The van der Waals surface area contributed by atoms with Crippen molar-refractivity contribution in [2.24, 2.45) is 7.05 Å². The Morgan fingerprint density at radius 1 is 1.14 bits per heavy atom. The van der Waals surface area contributed by atoms with E-state index in [1.807, 2.05) is 6.07 Å². The summed E-state index contributed by atoms with van der Waals surface area (Å²) in [6.07, 6.45) is 0. The smallest absolute Gasteiger partial charge is 0.311 e. The molecule has 1 N–H and O–H groups in total. The molecule has 0 aliphatic rings. The van der Waals surface area contributed by atoms with Crippen molar-refractivity contribution in [3.8, 4) is 5.88 Å². The number of thiazole rings is 1. The van der Waals surface area contributed by atoms with E-state index in [4.69, 9.17) is 0 Å². The summed E-state index contributed by atoms with van der Waals surface area (Å²) >= 11 is 3.90. The van der Waals surface area contributed by atoms with Gasteiger partial charge in [0.1, 0.15) is 0 Å². The van der Waals surface area contributed by atoms with Crippen molar-refractivity contribution in [3.63, 3.8) is 0 Å². The molecule has 0 spiro atoms. The number of aromatic nitrogens is 1. The van der Waals surface area contributed by atoms with E-state index < -0.39 is 20.6 Å². The Hall–Kier alpha value is -1.64. The predicted molar refractivity (Wildman–Crippen MR) is 88.3 cm³/mol. The fourth-order valence-electron chi connectivity index (χ4n) is 2.17. The van der Waals surface area contributed by atoms with Crippen molar-refractivity contribution >= 4 is 47.9 Å². The van der Waals surface area contributed by atoms with Crippen LogP contribution in [0.15, 0.2) is 54.8 Å². The van der Waals surface area contributed by atoms with Crippen LogP contribution >= 0.6 is 27.3 Å². The fraction of sp³-hybridized carbons (Fsp3) is 0.0714. The van der Waals surface area contributed by atoms with Crippen LogP contribution in [0.2, 0.25) is 0 Å². The minimum atomic E-state index is -3.99. The summed E-state index contributed by atoms with van der Waals surface area (Å²) in [5.74, 6) is -0.540. The van der Waals surface area contributed by atoms with Gasteiger partial charge in [-0.25, -0.2) is 8.42 Å². The topological polar surface area (TPSA) is 76.4 Å². The Bertz CT molecular complexity index is 1050. The van der Waals surface area contributed by atoms with Gasteiger partial charge in [0.15, 0.2) is 4.21 Å². The maximum atomic E-state index is 12.8. The molecule has 5 nitrogen and oxygen atoms in total. The monoisotopic (exact) mass is 399 g/mol. The van der Waals surface area contributed by atoms with E-state index in [1.165, 1.54) is 13.1 Å². The molecule has 0 saturated heterocycles. The first kappa shape index (κ1) is 15.3. The van der Waals surface area contributed by atoms with Crippen molar-refractivity contribution in [2.45, 2.75) is 9.10 Å². The Kier molecular flexibility index (Phi) is 3.62. The van der Waals surface area contributed by atoms with Gasteiger partial charge in [0.2, 0.25) is 15.7 Å². The molecule has 0 fully saturated rings. The summed E-state index contributed by atoms with van der Waals surface area (Å²) in [4.78, 5) is 11.1. The molecule has 0 aliphatic heterocycles. The lowest BCUT2D eigenvalue weighted by Gasteiger charge is -2.08. The summed E-state index contributed by atoms with van der Waals surface area (Å²) in [7, 11) is -2.66. The number of aromatic hydroxyl groups is 1. The maximum Gasteiger partial charge on any atom is 0.311 e. The molecule has 114 valence electrons. The molecule has 0 amide bonds. The third kappa shape index (κ3) is 2.18. The Labute approximate surface area is 138 Å². The van der Waals surface area contributed by atoms with Gasteiger partial charge in [-0.05, 0) is 17.5 Å². The predicted octanol–water partition coefficient (Wildman–Crippen LogP) is 2.90. The van der Waals surface area contributed by atoms with Crippen LogP contribution in [-0.2, 0) is 16.9 Å². The van der Waals surface area contributed by atoms with Gasteiger partial charge in [0.05, 0.1) is 4.90 Å². The fourth-order valence-corrected chi connectivity index (χ4v) is 5.50. The maximum absolute atomic E-state index is 12.8. The van der Waals surface area contributed by atoms with Gasteiger partial charge < -0.3 is 5.11 Å². The number of nitrogens with zero attached hydrogens (tertiary/aromatic N) is 1. The van der Waals surface area contributed by atoms with E-state index in [-0.39, 0.29) is 9.10 Å². The summed E-state index contributed by atoms with van der Waals surface area (Å²) in [6.45, 7) is 0. The second kappa shape index (κ2) is 5.22.